The molecule has 3 rings (SSSR count). The zero-order valence-corrected chi connectivity index (χ0v) is 11.8. The van der Waals surface area contributed by atoms with Crippen molar-refractivity contribution < 1.29 is 13.9 Å². The molecule has 0 N–H and O–H groups in total. The Kier molecular flexibility index (Phi) is 3.72. The van der Waals surface area contributed by atoms with E-state index in [-0.39, 0.29) is 5.82 Å². The summed E-state index contributed by atoms with van der Waals surface area (Å²) in [7, 11) is 0. The minimum Gasteiger partial charge on any atom is -0.346 e. The summed E-state index contributed by atoms with van der Waals surface area (Å²) < 4.78 is 26.8. The Morgan fingerprint density at radius 1 is 1.30 bits per heavy atom. The van der Waals surface area contributed by atoms with Gasteiger partial charge in [0.15, 0.2) is 5.82 Å². The van der Waals surface area contributed by atoms with Crippen LogP contribution in [0.1, 0.15) is 44.8 Å². The molecule has 4 nitrogen and oxygen atoms in total. The van der Waals surface area contributed by atoms with Gasteiger partial charge in [-0.25, -0.2) is 9.37 Å². The molecule has 108 valence electrons. The van der Waals surface area contributed by atoms with E-state index in [1.54, 1.807) is 6.07 Å². The van der Waals surface area contributed by atoms with Crippen molar-refractivity contribution in [1.29, 1.82) is 0 Å². The molecular weight excluding hydrogens is 259 g/mol. The Bertz CT molecular complexity index is 601. The van der Waals surface area contributed by atoms with Crippen molar-refractivity contribution in [2.45, 2.75) is 39.0 Å². The molecule has 1 aliphatic rings. The fraction of sp³-hybridized carbons (Fsp3) is 0.533. The number of halogens is 1. The highest BCUT2D eigenvalue weighted by molar-refractivity contribution is 5.76. The average molecular weight is 278 g/mol. The lowest BCUT2D eigenvalue weighted by molar-refractivity contribution is -0.146. The van der Waals surface area contributed by atoms with Crippen LogP contribution in [-0.2, 0) is 9.47 Å². The van der Waals surface area contributed by atoms with Gasteiger partial charge in [0.1, 0.15) is 5.82 Å². The van der Waals surface area contributed by atoms with Crippen LogP contribution in [0.5, 0.6) is 0 Å². The van der Waals surface area contributed by atoms with Crippen molar-refractivity contribution in [2.24, 2.45) is 0 Å². The maximum absolute atomic E-state index is 13.4. The zero-order valence-electron chi connectivity index (χ0n) is 11.8. The normalized spacial score (nSPS) is 15.4. The van der Waals surface area contributed by atoms with Gasteiger partial charge in [0.05, 0.1) is 11.0 Å². The van der Waals surface area contributed by atoms with Gasteiger partial charge in [0, 0.05) is 25.3 Å². The fourth-order valence-corrected chi connectivity index (χ4v) is 2.47. The molecule has 0 radical (unpaired) electrons. The Labute approximate surface area is 117 Å². The monoisotopic (exact) mass is 278 g/mol. The van der Waals surface area contributed by atoms with E-state index in [0.29, 0.717) is 24.8 Å². The van der Waals surface area contributed by atoms with Crippen LogP contribution in [-0.4, -0.2) is 22.8 Å². The molecule has 0 saturated heterocycles. The SMILES string of the molecule is CCOC(OCC)c1nc2cc(F)ccc2n1C1CC1. The fourth-order valence-electron chi connectivity index (χ4n) is 2.47. The predicted molar refractivity (Wildman–Crippen MR) is 74.0 cm³/mol. The Morgan fingerprint density at radius 2 is 2.00 bits per heavy atom. The maximum atomic E-state index is 13.4. The highest BCUT2D eigenvalue weighted by atomic mass is 19.1. The van der Waals surface area contributed by atoms with Crippen molar-refractivity contribution in [2.75, 3.05) is 13.2 Å². The van der Waals surface area contributed by atoms with Gasteiger partial charge in [-0.15, -0.1) is 0 Å². The number of hydrogen-bond donors (Lipinski definition) is 0. The zero-order chi connectivity index (χ0) is 14.1. The Hall–Kier alpha value is -1.46. The molecule has 1 heterocycles. The Morgan fingerprint density at radius 3 is 2.60 bits per heavy atom. The lowest BCUT2D eigenvalue weighted by atomic mass is 10.3. The quantitative estimate of drug-likeness (QED) is 0.758. The van der Waals surface area contributed by atoms with E-state index >= 15 is 0 Å². The summed E-state index contributed by atoms with van der Waals surface area (Å²) in [4.78, 5) is 4.55. The summed E-state index contributed by atoms with van der Waals surface area (Å²) in [6.07, 6.45) is 1.77. The van der Waals surface area contributed by atoms with Gasteiger partial charge in [-0.05, 0) is 38.8 Å². The molecule has 0 bridgehead atoms. The van der Waals surface area contributed by atoms with Crippen LogP contribution in [0.2, 0.25) is 0 Å². The highest BCUT2D eigenvalue weighted by Gasteiger charge is 2.31. The first-order valence-electron chi connectivity index (χ1n) is 7.15. The van der Waals surface area contributed by atoms with E-state index in [0.717, 1.165) is 24.2 Å². The summed E-state index contributed by atoms with van der Waals surface area (Å²) in [5.74, 6) is 0.477. The first-order valence-corrected chi connectivity index (χ1v) is 7.15. The second-order valence-electron chi connectivity index (χ2n) is 4.95. The third-order valence-electron chi connectivity index (χ3n) is 3.44. The van der Waals surface area contributed by atoms with Crippen molar-refractivity contribution in [3.63, 3.8) is 0 Å². The smallest absolute Gasteiger partial charge is 0.217 e. The van der Waals surface area contributed by atoms with Crippen LogP contribution in [0.3, 0.4) is 0 Å². The molecule has 1 aromatic carbocycles. The van der Waals surface area contributed by atoms with Crippen LogP contribution >= 0.6 is 0 Å². The van der Waals surface area contributed by atoms with Gasteiger partial charge in [-0.1, -0.05) is 0 Å². The number of rotatable bonds is 6. The van der Waals surface area contributed by atoms with Gasteiger partial charge >= 0.3 is 0 Å². The van der Waals surface area contributed by atoms with Gasteiger partial charge in [-0.2, -0.15) is 0 Å². The lowest BCUT2D eigenvalue weighted by Gasteiger charge is -2.18. The van der Waals surface area contributed by atoms with Gasteiger partial charge in [0.25, 0.3) is 0 Å². The van der Waals surface area contributed by atoms with E-state index in [1.807, 2.05) is 13.8 Å². The molecule has 0 spiro atoms. The number of hydrogen-bond acceptors (Lipinski definition) is 3. The molecule has 20 heavy (non-hydrogen) atoms. The highest BCUT2D eigenvalue weighted by Crippen LogP contribution is 2.40. The maximum Gasteiger partial charge on any atom is 0.217 e. The van der Waals surface area contributed by atoms with Crippen LogP contribution in [0.4, 0.5) is 4.39 Å². The molecule has 0 unspecified atom stereocenters. The summed E-state index contributed by atoms with van der Waals surface area (Å²) in [6.45, 7) is 4.95. The number of aromatic nitrogens is 2. The van der Waals surface area contributed by atoms with Crippen molar-refractivity contribution in [1.82, 2.24) is 9.55 Å². The molecule has 0 aliphatic heterocycles. The van der Waals surface area contributed by atoms with Crippen LogP contribution < -0.4 is 0 Å². The van der Waals surface area contributed by atoms with Crippen molar-refractivity contribution in [3.05, 3.63) is 29.8 Å². The van der Waals surface area contributed by atoms with E-state index in [2.05, 4.69) is 9.55 Å². The first kappa shape index (κ1) is 13.5. The van der Waals surface area contributed by atoms with Gasteiger partial charge in [-0.3, -0.25) is 0 Å². The van der Waals surface area contributed by atoms with Gasteiger partial charge in [0.2, 0.25) is 6.29 Å². The van der Waals surface area contributed by atoms with Crippen molar-refractivity contribution >= 4 is 11.0 Å². The summed E-state index contributed by atoms with van der Waals surface area (Å²) in [5.41, 5.74) is 1.62. The summed E-state index contributed by atoms with van der Waals surface area (Å²) >= 11 is 0. The van der Waals surface area contributed by atoms with E-state index in [9.17, 15) is 4.39 Å². The van der Waals surface area contributed by atoms with Crippen molar-refractivity contribution in [3.8, 4) is 0 Å². The molecule has 2 aromatic rings. The van der Waals surface area contributed by atoms with Crippen LogP contribution in [0, 0.1) is 5.82 Å². The van der Waals surface area contributed by atoms with Crippen LogP contribution in [0.25, 0.3) is 11.0 Å². The second-order valence-corrected chi connectivity index (χ2v) is 4.95. The number of benzene rings is 1. The molecule has 5 heteroatoms. The molecule has 1 fully saturated rings. The van der Waals surface area contributed by atoms with E-state index in [1.165, 1.54) is 12.1 Å². The minimum atomic E-state index is -0.485. The molecular formula is C15H19FN2O2. The summed E-state index contributed by atoms with van der Waals surface area (Å²) in [5, 5.41) is 0. The lowest BCUT2D eigenvalue weighted by Crippen LogP contribution is -2.15. The average Bonchev–Trinajstić information content (AvgIpc) is 3.19. The molecule has 1 aliphatic carbocycles. The topological polar surface area (TPSA) is 36.3 Å². The summed E-state index contributed by atoms with van der Waals surface area (Å²) in [6, 6.07) is 5.16. The molecule has 1 saturated carbocycles. The third-order valence-corrected chi connectivity index (χ3v) is 3.44. The third kappa shape index (κ3) is 2.43. The minimum absolute atomic E-state index is 0.270. The molecule has 0 amide bonds. The first-order chi connectivity index (χ1) is 9.74. The van der Waals surface area contributed by atoms with E-state index < -0.39 is 6.29 Å². The standard InChI is InChI=1S/C15H19FN2O2/c1-3-19-15(20-4-2)14-17-12-9-10(16)5-8-13(12)18(14)11-6-7-11/h5,8-9,11,15H,3-4,6-7H2,1-2H3. The number of imidazole rings is 1. The molecule has 1 aromatic heterocycles. The number of fused-ring (bicyclic) bond motifs is 1. The number of nitrogens with zero attached hydrogens (tertiary/aromatic N) is 2. The second kappa shape index (κ2) is 5.50. The number of ether oxygens (including phenoxy) is 2. The molecule has 0 atom stereocenters. The van der Waals surface area contributed by atoms with E-state index in [4.69, 9.17) is 9.47 Å². The Balaban J connectivity index is 2.10. The largest absolute Gasteiger partial charge is 0.346 e. The van der Waals surface area contributed by atoms with Crippen LogP contribution in [0.15, 0.2) is 18.2 Å². The van der Waals surface area contributed by atoms with Gasteiger partial charge < -0.3 is 14.0 Å². The predicted octanol–water partition coefficient (Wildman–Crippen LogP) is 3.58.